The van der Waals surface area contributed by atoms with E-state index in [-0.39, 0.29) is 25.1 Å². The summed E-state index contributed by atoms with van der Waals surface area (Å²) in [4.78, 5) is 31.2. The number of ether oxygens (including phenoxy) is 4. The van der Waals surface area contributed by atoms with Crippen molar-refractivity contribution in [3.8, 4) is 22.9 Å². The first-order chi connectivity index (χ1) is 15.4. The molecule has 0 amide bonds. The molecule has 0 bridgehead atoms. The fourth-order valence-corrected chi connectivity index (χ4v) is 4.96. The monoisotopic (exact) mass is 434 g/mol. The van der Waals surface area contributed by atoms with Crippen LogP contribution in [0.3, 0.4) is 0 Å². The first-order valence-corrected chi connectivity index (χ1v) is 10.8. The molecule has 164 valence electrons. The Balaban J connectivity index is 1.58. The van der Waals surface area contributed by atoms with Crippen LogP contribution in [0.2, 0.25) is 0 Å². The number of cyclic esters (lactones) is 1. The third-order valence-corrected chi connectivity index (χ3v) is 6.41. The van der Waals surface area contributed by atoms with Crippen molar-refractivity contribution in [2.45, 2.75) is 52.0 Å². The lowest BCUT2D eigenvalue weighted by atomic mass is 9.85. The van der Waals surface area contributed by atoms with Gasteiger partial charge in [0.1, 0.15) is 6.61 Å². The molecular weight excluding hydrogens is 412 g/mol. The predicted molar refractivity (Wildman–Crippen MR) is 115 cm³/mol. The Morgan fingerprint density at radius 3 is 2.66 bits per heavy atom. The van der Waals surface area contributed by atoms with Crippen molar-refractivity contribution < 1.29 is 23.7 Å². The second-order valence-corrected chi connectivity index (χ2v) is 8.63. The van der Waals surface area contributed by atoms with Crippen molar-refractivity contribution in [1.29, 1.82) is 0 Å². The molecule has 0 N–H and O–H groups in total. The fourth-order valence-electron chi connectivity index (χ4n) is 4.96. The minimum absolute atomic E-state index is 0.0520. The molecule has 0 saturated heterocycles. The lowest BCUT2D eigenvalue weighted by Gasteiger charge is -2.37. The molecule has 0 spiro atoms. The molecule has 1 atom stereocenters. The van der Waals surface area contributed by atoms with Gasteiger partial charge in [-0.05, 0) is 38.5 Å². The summed E-state index contributed by atoms with van der Waals surface area (Å²) in [6.07, 6.45) is 0.143. The SMILES string of the molecule is CC[C@@]1(OC(C)C)C(=O)OCc2c1cc1n(c2=O)Cc2cc3cc4c(cc3nc2-1)OCO4. The number of rotatable bonds is 3. The summed E-state index contributed by atoms with van der Waals surface area (Å²) in [5, 5.41) is 0.920. The predicted octanol–water partition coefficient (Wildman–Crippen LogP) is 3.24. The van der Waals surface area contributed by atoms with Gasteiger partial charge in [0, 0.05) is 22.6 Å². The van der Waals surface area contributed by atoms with Gasteiger partial charge in [-0.1, -0.05) is 6.92 Å². The van der Waals surface area contributed by atoms with E-state index >= 15 is 0 Å². The van der Waals surface area contributed by atoms with E-state index in [0.29, 0.717) is 41.3 Å². The zero-order valence-electron chi connectivity index (χ0n) is 18.1. The van der Waals surface area contributed by atoms with Gasteiger partial charge in [0.25, 0.3) is 5.56 Å². The Morgan fingerprint density at radius 1 is 1.12 bits per heavy atom. The third kappa shape index (κ3) is 2.50. The largest absolute Gasteiger partial charge is 0.458 e. The Labute approximate surface area is 183 Å². The van der Waals surface area contributed by atoms with Gasteiger partial charge in [-0.3, -0.25) is 4.79 Å². The normalized spacial score (nSPS) is 20.3. The van der Waals surface area contributed by atoms with Crippen molar-refractivity contribution in [3.63, 3.8) is 0 Å². The van der Waals surface area contributed by atoms with Crippen molar-refractivity contribution in [1.82, 2.24) is 9.55 Å². The third-order valence-electron chi connectivity index (χ3n) is 6.41. The summed E-state index contributed by atoms with van der Waals surface area (Å²) in [5.74, 6) is 0.892. The number of carbonyl (C=O) groups is 1. The van der Waals surface area contributed by atoms with Gasteiger partial charge in [0.15, 0.2) is 17.1 Å². The molecule has 1 aromatic carbocycles. The molecule has 0 unspecified atom stereocenters. The van der Waals surface area contributed by atoms with Crippen LogP contribution in [-0.2, 0) is 33.0 Å². The highest BCUT2D eigenvalue weighted by Gasteiger charge is 2.48. The molecule has 5 heterocycles. The lowest BCUT2D eigenvalue weighted by molar-refractivity contribution is -0.187. The minimum atomic E-state index is -1.30. The Morgan fingerprint density at radius 2 is 1.91 bits per heavy atom. The fraction of sp³-hybridized carbons (Fsp3) is 0.375. The van der Waals surface area contributed by atoms with Crippen molar-refractivity contribution in [3.05, 3.63) is 51.3 Å². The molecule has 0 aliphatic carbocycles. The Hall–Kier alpha value is -3.39. The highest BCUT2D eigenvalue weighted by atomic mass is 16.7. The van der Waals surface area contributed by atoms with E-state index in [1.807, 2.05) is 45.0 Å². The number of hydrogen-bond donors (Lipinski definition) is 0. The quantitative estimate of drug-likeness (QED) is 0.457. The molecule has 8 heteroatoms. The second kappa shape index (κ2) is 6.56. The van der Waals surface area contributed by atoms with Gasteiger partial charge in [-0.2, -0.15) is 0 Å². The molecule has 2 aromatic heterocycles. The summed E-state index contributed by atoms with van der Waals surface area (Å²) in [7, 11) is 0. The number of nitrogens with zero attached hydrogens (tertiary/aromatic N) is 2. The number of carbonyl (C=O) groups excluding carboxylic acids is 1. The van der Waals surface area contributed by atoms with Crippen molar-refractivity contribution in [2.24, 2.45) is 0 Å². The minimum Gasteiger partial charge on any atom is -0.458 e. The Kier molecular flexibility index (Phi) is 3.96. The number of aromatic nitrogens is 2. The molecule has 0 radical (unpaired) electrons. The van der Waals surface area contributed by atoms with E-state index < -0.39 is 11.6 Å². The van der Waals surface area contributed by atoms with Crippen LogP contribution in [0.1, 0.15) is 43.9 Å². The first-order valence-electron chi connectivity index (χ1n) is 10.8. The maximum atomic E-state index is 13.5. The van der Waals surface area contributed by atoms with Crippen LogP contribution in [0, 0.1) is 0 Å². The molecule has 0 fully saturated rings. The van der Waals surface area contributed by atoms with Gasteiger partial charge in [-0.15, -0.1) is 0 Å². The molecule has 32 heavy (non-hydrogen) atoms. The summed E-state index contributed by atoms with van der Waals surface area (Å²) in [5.41, 5.74) is 2.68. The molecular formula is C24H22N2O6. The summed E-state index contributed by atoms with van der Waals surface area (Å²) < 4.78 is 24.2. The molecule has 6 rings (SSSR count). The maximum Gasteiger partial charge on any atom is 0.343 e. The van der Waals surface area contributed by atoms with Gasteiger partial charge in [0.2, 0.25) is 6.79 Å². The number of fused-ring (bicyclic) bond motifs is 6. The van der Waals surface area contributed by atoms with Crippen LogP contribution in [0.25, 0.3) is 22.3 Å². The van der Waals surface area contributed by atoms with E-state index in [4.69, 9.17) is 23.9 Å². The number of benzene rings is 1. The standard InChI is InChI=1S/C24H22N2O6/c1-4-24(32-12(2)3)16-7-18-21-14(9-26(18)22(27)15(16)10-29-23(24)28)5-13-6-19-20(31-11-30-19)8-17(13)25-21/h5-8,12H,4,9-11H2,1-3H3/t24-/m0/s1. The highest BCUT2D eigenvalue weighted by molar-refractivity contribution is 5.88. The van der Waals surface area contributed by atoms with Gasteiger partial charge >= 0.3 is 5.97 Å². The maximum absolute atomic E-state index is 13.5. The summed E-state index contributed by atoms with van der Waals surface area (Å²) in [6.45, 7) is 6.15. The van der Waals surface area contributed by atoms with Crippen LogP contribution in [0.5, 0.6) is 11.5 Å². The molecule has 3 aliphatic heterocycles. The van der Waals surface area contributed by atoms with Crippen LogP contribution in [-0.4, -0.2) is 28.4 Å². The lowest BCUT2D eigenvalue weighted by Crippen LogP contribution is -2.47. The van der Waals surface area contributed by atoms with Crippen LogP contribution >= 0.6 is 0 Å². The average molecular weight is 434 g/mol. The van der Waals surface area contributed by atoms with E-state index in [0.717, 1.165) is 22.2 Å². The Bertz CT molecular complexity index is 1380. The van der Waals surface area contributed by atoms with E-state index in [1.165, 1.54) is 0 Å². The number of hydrogen-bond acceptors (Lipinski definition) is 7. The van der Waals surface area contributed by atoms with Crippen LogP contribution < -0.4 is 15.0 Å². The van der Waals surface area contributed by atoms with Crippen LogP contribution in [0.4, 0.5) is 0 Å². The second-order valence-electron chi connectivity index (χ2n) is 8.63. The number of pyridine rings is 2. The summed E-state index contributed by atoms with van der Waals surface area (Å²) >= 11 is 0. The van der Waals surface area contributed by atoms with E-state index in [2.05, 4.69) is 0 Å². The molecule has 3 aliphatic rings. The van der Waals surface area contributed by atoms with Gasteiger partial charge < -0.3 is 23.5 Å². The zero-order valence-corrected chi connectivity index (χ0v) is 18.1. The van der Waals surface area contributed by atoms with Crippen molar-refractivity contribution in [2.75, 3.05) is 6.79 Å². The average Bonchev–Trinajstić information content (AvgIpc) is 3.36. The first kappa shape index (κ1) is 19.3. The molecule has 8 nitrogen and oxygen atoms in total. The van der Waals surface area contributed by atoms with Gasteiger partial charge in [-0.25, -0.2) is 9.78 Å². The number of esters is 1. The van der Waals surface area contributed by atoms with Crippen LogP contribution in [0.15, 0.2) is 29.1 Å². The van der Waals surface area contributed by atoms with E-state index in [9.17, 15) is 9.59 Å². The smallest absolute Gasteiger partial charge is 0.343 e. The summed E-state index contributed by atoms with van der Waals surface area (Å²) in [6, 6.07) is 7.69. The molecule has 3 aromatic rings. The topological polar surface area (TPSA) is 88.9 Å². The van der Waals surface area contributed by atoms with Gasteiger partial charge in [0.05, 0.1) is 35.1 Å². The zero-order chi connectivity index (χ0) is 22.2. The van der Waals surface area contributed by atoms with E-state index in [1.54, 1.807) is 4.57 Å². The molecule has 0 saturated carbocycles. The highest BCUT2D eigenvalue weighted by Crippen LogP contribution is 2.42. The van der Waals surface area contributed by atoms with Crippen molar-refractivity contribution >= 4 is 16.9 Å².